The summed E-state index contributed by atoms with van der Waals surface area (Å²) in [5.74, 6) is 0.717. The molecule has 0 atom stereocenters. The molecule has 0 bridgehead atoms. The van der Waals surface area contributed by atoms with Gasteiger partial charge in [-0.3, -0.25) is 9.79 Å². The molecule has 0 aliphatic carbocycles. The molecule has 0 aliphatic heterocycles. The summed E-state index contributed by atoms with van der Waals surface area (Å²) in [4.78, 5) is 16.6. The number of nitrogens with one attached hydrogen (secondary N) is 3. The summed E-state index contributed by atoms with van der Waals surface area (Å²) < 4.78 is 5.35. The minimum absolute atomic E-state index is 0. The number of halogens is 1. The van der Waals surface area contributed by atoms with E-state index >= 15 is 0 Å². The largest absolute Gasteiger partial charge is 0.377 e. The second-order valence-corrected chi connectivity index (χ2v) is 6.35. The van der Waals surface area contributed by atoms with Gasteiger partial charge in [-0.2, -0.15) is 0 Å². The molecular formula is C15H27IN4O2S. The number of thiophene rings is 1. The number of hydrogen-bond acceptors (Lipinski definition) is 4. The molecule has 0 radical (unpaired) electrons. The van der Waals surface area contributed by atoms with Crippen LogP contribution in [0.25, 0.3) is 0 Å². The van der Waals surface area contributed by atoms with Gasteiger partial charge in [-0.15, -0.1) is 35.3 Å². The van der Waals surface area contributed by atoms with Gasteiger partial charge in [0.05, 0.1) is 10.5 Å². The highest BCUT2D eigenvalue weighted by Crippen LogP contribution is 2.07. The van der Waals surface area contributed by atoms with Crippen molar-refractivity contribution in [3.63, 3.8) is 0 Å². The Bertz CT molecular complexity index is 478. The van der Waals surface area contributed by atoms with Gasteiger partial charge in [-0.1, -0.05) is 6.07 Å². The maximum atomic E-state index is 11.7. The van der Waals surface area contributed by atoms with Crippen molar-refractivity contribution < 1.29 is 9.53 Å². The molecule has 23 heavy (non-hydrogen) atoms. The fraction of sp³-hybridized carbons (Fsp3) is 0.600. The van der Waals surface area contributed by atoms with E-state index in [1.165, 1.54) is 11.3 Å². The SMILES string of the molecule is CN=C(NCCCNC(=O)c1cccs1)NCC(C)(C)OC.I. The van der Waals surface area contributed by atoms with E-state index < -0.39 is 0 Å². The Hall–Kier alpha value is -0.870. The number of rotatable bonds is 8. The molecule has 0 unspecified atom stereocenters. The van der Waals surface area contributed by atoms with Gasteiger partial charge in [-0.05, 0) is 31.7 Å². The highest BCUT2D eigenvalue weighted by atomic mass is 127. The standard InChI is InChI=1S/C15H26N4O2S.HI/c1-15(2,21-4)11-19-14(16-3)18-9-6-8-17-13(20)12-7-5-10-22-12;/h5,7,10H,6,8-9,11H2,1-4H3,(H,17,20)(H2,16,18,19);1H. The van der Waals surface area contributed by atoms with E-state index in [4.69, 9.17) is 4.74 Å². The van der Waals surface area contributed by atoms with Crippen LogP contribution in [0, 0.1) is 0 Å². The molecule has 0 spiro atoms. The number of ether oxygens (including phenoxy) is 1. The maximum absolute atomic E-state index is 11.7. The second-order valence-electron chi connectivity index (χ2n) is 5.40. The zero-order chi connectivity index (χ0) is 16.4. The zero-order valence-electron chi connectivity index (χ0n) is 14.1. The van der Waals surface area contributed by atoms with Crippen molar-refractivity contribution in [2.45, 2.75) is 25.9 Å². The molecule has 132 valence electrons. The molecule has 0 saturated heterocycles. The second kappa shape index (κ2) is 11.6. The van der Waals surface area contributed by atoms with Crippen LogP contribution in [0.15, 0.2) is 22.5 Å². The first kappa shape index (κ1) is 22.1. The van der Waals surface area contributed by atoms with E-state index in [0.717, 1.165) is 23.8 Å². The van der Waals surface area contributed by atoms with E-state index in [0.29, 0.717) is 13.1 Å². The molecule has 1 heterocycles. The Balaban J connectivity index is 0.00000484. The van der Waals surface area contributed by atoms with Crippen LogP contribution in [0.3, 0.4) is 0 Å². The maximum Gasteiger partial charge on any atom is 0.261 e. The number of aliphatic imine (C=N–C) groups is 1. The number of amides is 1. The number of hydrogen-bond donors (Lipinski definition) is 3. The lowest BCUT2D eigenvalue weighted by Crippen LogP contribution is -2.45. The van der Waals surface area contributed by atoms with Gasteiger partial charge < -0.3 is 20.7 Å². The first-order valence-electron chi connectivity index (χ1n) is 7.30. The van der Waals surface area contributed by atoms with Gasteiger partial charge in [0.1, 0.15) is 0 Å². The Morgan fingerprint density at radius 3 is 2.57 bits per heavy atom. The smallest absolute Gasteiger partial charge is 0.261 e. The van der Waals surface area contributed by atoms with Gasteiger partial charge in [0.25, 0.3) is 5.91 Å². The van der Waals surface area contributed by atoms with Gasteiger partial charge in [-0.25, -0.2) is 0 Å². The van der Waals surface area contributed by atoms with Crippen molar-refractivity contribution in [2.75, 3.05) is 33.8 Å². The summed E-state index contributed by atoms with van der Waals surface area (Å²) in [6, 6.07) is 3.69. The third-order valence-corrected chi connectivity index (χ3v) is 4.00. The molecule has 0 aliphatic rings. The lowest BCUT2D eigenvalue weighted by molar-refractivity contribution is 0.0268. The third-order valence-electron chi connectivity index (χ3n) is 3.13. The quantitative estimate of drug-likeness (QED) is 0.243. The van der Waals surface area contributed by atoms with E-state index in [1.54, 1.807) is 14.2 Å². The average Bonchev–Trinajstić information content (AvgIpc) is 3.04. The number of carbonyl (C=O) groups is 1. The normalized spacial score (nSPS) is 11.6. The molecule has 6 nitrogen and oxygen atoms in total. The molecule has 1 amide bonds. The first-order valence-corrected chi connectivity index (χ1v) is 8.18. The number of nitrogens with zero attached hydrogens (tertiary/aromatic N) is 1. The number of guanidine groups is 1. The molecule has 1 rings (SSSR count). The predicted molar refractivity (Wildman–Crippen MR) is 107 cm³/mol. The third kappa shape index (κ3) is 9.11. The summed E-state index contributed by atoms with van der Waals surface area (Å²) in [6.07, 6.45) is 0.825. The minimum atomic E-state index is -0.244. The monoisotopic (exact) mass is 454 g/mol. The summed E-state index contributed by atoms with van der Waals surface area (Å²) in [7, 11) is 3.42. The van der Waals surface area contributed by atoms with Crippen molar-refractivity contribution in [1.82, 2.24) is 16.0 Å². The topological polar surface area (TPSA) is 74.8 Å². The van der Waals surface area contributed by atoms with Crippen LogP contribution in [-0.4, -0.2) is 51.3 Å². The number of carbonyl (C=O) groups excluding carboxylic acids is 1. The molecule has 0 saturated carbocycles. The summed E-state index contributed by atoms with van der Waals surface area (Å²) in [5, 5.41) is 11.2. The van der Waals surface area contributed by atoms with Crippen LogP contribution in [-0.2, 0) is 4.74 Å². The van der Waals surface area contributed by atoms with E-state index in [2.05, 4.69) is 20.9 Å². The fourth-order valence-electron chi connectivity index (χ4n) is 1.58. The Morgan fingerprint density at radius 1 is 1.30 bits per heavy atom. The zero-order valence-corrected chi connectivity index (χ0v) is 17.3. The Labute approximate surface area is 159 Å². The Kier molecular flexibility index (Phi) is 11.2. The lowest BCUT2D eigenvalue weighted by Gasteiger charge is -2.24. The summed E-state index contributed by atoms with van der Waals surface area (Å²) in [5.41, 5.74) is -0.244. The summed E-state index contributed by atoms with van der Waals surface area (Å²) in [6.45, 7) is 6.04. The van der Waals surface area contributed by atoms with Crippen molar-refractivity contribution in [3.8, 4) is 0 Å². The molecular weight excluding hydrogens is 427 g/mol. The van der Waals surface area contributed by atoms with Crippen molar-refractivity contribution in [3.05, 3.63) is 22.4 Å². The molecule has 0 aromatic carbocycles. The minimum Gasteiger partial charge on any atom is -0.377 e. The van der Waals surface area contributed by atoms with Crippen LogP contribution in [0.1, 0.15) is 29.9 Å². The molecule has 0 fully saturated rings. The van der Waals surface area contributed by atoms with Gasteiger partial charge in [0.15, 0.2) is 5.96 Å². The molecule has 1 aromatic rings. The predicted octanol–water partition coefficient (Wildman–Crippen LogP) is 2.08. The molecule has 1 aromatic heterocycles. The van der Waals surface area contributed by atoms with Crippen molar-refractivity contribution in [1.29, 1.82) is 0 Å². The van der Waals surface area contributed by atoms with Crippen LogP contribution in [0.2, 0.25) is 0 Å². The van der Waals surface area contributed by atoms with Gasteiger partial charge in [0, 0.05) is 33.8 Å². The van der Waals surface area contributed by atoms with Crippen LogP contribution < -0.4 is 16.0 Å². The lowest BCUT2D eigenvalue weighted by atomic mass is 10.1. The van der Waals surface area contributed by atoms with Gasteiger partial charge in [0.2, 0.25) is 0 Å². The molecule has 8 heteroatoms. The van der Waals surface area contributed by atoms with Gasteiger partial charge >= 0.3 is 0 Å². The van der Waals surface area contributed by atoms with E-state index in [9.17, 15) is 4.79 Å². The molecule has 3 N–H and O–H groups in total. The first-order chi connectivity index (χ1) is 10.5. The Morgan fingerprint density at radius 2 is 2.00 bits per heavy atom. The van der Waals surface area contributed by atoms with E-state index in [-0.39, 0.29) is 35.5 Å². The van der Waals surface area contributed by atoms with Crippen LogP contribution in [0.4, 0.5) is 0 Å². The highest BCUT2D eigenvalue weighted by molar-refractivity contribution is 14.0. The highest BCUT2D eigenvalue weighted by Gasteiger charge is 2.16. The fourth-order valence-corrected chi connectivity index (χ4v) is 2.22. The summed E-state index contributed by atoms with van der Waals surface area (Å²) >= 11 is 1.45. The average molecular weight is 454 g/mol. The van der Waals surface area contributed by atoms with Crippen molar-refractivity contribution in [2.24, 2.45) is 4.99 Å². The van der Waals surface area contributed by atoms with Crippen LogP contribution >= 0.6 is 35.3 Å². The van der Waals surface area contributed by atoms with E-state index in [1.807, 2.05) is 31.4 Å². The number of methoxy groups -OCH3 is 1. The van der Waals surface area contributed by atoms with Crippen LogP contribution in [0.5, 0.6) is 0 Å². The van der Waals surface area contributed by atoms with Crippen molar-refractivity contribution >= 4 is 47.2 Å².